The van der Waals surface area contributed by atoms with E-state index in [1.165, 1.54) is 4.31 Å². The molecule has 0 atom stereocenters. The Balaban J connectivity index is 2.29. The average Bonchev–Trinajstić information content (AvgIpc) is 2.65. The van der Waals surface area contributed by atoms with E-state index in [0.717, 1.165) is 22.4 Å². The van der Waals surface area contributed by atoms with Crippen LogP contribution in [0.25, 0.3) is 0 Å². The van der Waals surface area contributed by atoms with Gasteiger partial charge in [-0.2, -0.15) is 11.8 Å². The smallest absolute Gasteiger partial charge is 0.264 e. The number of carbonyl (C=O) groups excluding carboxylic acids is 1. The Bertz CT molecular complexity index is 978. The number of hydrogen-bond acceptors (Lipinski definition) is 4. The lowest BCUT2D eigenvalue weighted by Crippen LogP contribution is -2.42. The van der Waals surface area contributed by atoms with Crippen molar-refractivity contribution in [2.24, 2.45) is 0 Å². The molecule has 164 valence electrons. The largest absolute Gasteiger partial charge is 0.354 e. The number of rotatable bonds is 8. The highest BCUT2D eigenvalue weighted by molar-refractivity contribution is 8.00. The zero-order chi connectivity index (χ0) is 22.5. The number of amides is 1. The zero-order valence-corrected chi connectivity index (χ0v) is 20.3. The van der Waals surface area contributed by atoms with Crippen LogP contribution in [0.4, 0.5) is 5.69 Å². The minimum atomic E-state index is -3.89. The van der Waals surface area contributed by atoms with E-state index in [1.54, 1.807) is 42.1 Å². The van der Waals surface area contributed by atoms with Crippen molar-refractivity contribution in [1.29, 1.82) is 0 Å². The fourth-order valence-corrected chi connectivity index (χ4v) is 5.17. The lowest BCUT2D eigenvalue weighted by molar-refractivity contribution is -0.119. The summed E-state index contributed by atoms with van der Waals surface area (Å²) in [4.78, 5) is 12.8. The summed E-state index contributed by atoms with van der Waals surface area (Å²) in [6, 6.07) is 12.2. The summed E-state index contributed by atoms with van der Waals surface area (Å²) in [5.74, 6) is 0.449. The van der Waals surface area contributed by atoms with E-state index in [-0.39, 0.29) is 22.1 Å². The van der Waals surface area contributed by atoms with Crippen LogP contribution in [-0.4, -0.2) is 37.9 Å². The van der Waals surface area contributed by atoms with Crippen molar-refractivity contribution < 1.29 is 13.2 Å². The van der Waals surface area contributed by atoms with Gasteiger partial charge in [0.05, 0.1) is 10.6 Å². The Kier molecular flexibility index (Phi) is 7.99. The first-order valence-corrected chi connectivity index (χ1v) is 12.4. The molecule has 1 N–H and O–H groups in total. The van der Waals surface area contributed by atoms with Gasteiger partial charge < -0.3 is 5.32 Å². The molecule has 0 aromatic heterocycles. The van der Waals surface area contributed by atoms with Crippen LogP contribution in [0.1, 0.15) is 37.5 Å². The Morgan fingerprint density at radius 1 is 1.03 bits per heavy atom. The standard InChI is InChI=1S/C23H32N2O3S2/c1-17-10-12-20(13-11-17)30(27,28)25(21-9-7-8-18(2)19(21)3)16-22(26)24-14-15-29-23(4,5)6/h7-13H,14-16H2,1-6H3,(H,24,26). The number of thioether (sulfide) groups is 1. The van der Waals surface area contributed by atoms with E-state index < -0.39 is 10.0 Å². The van der Waals surface area contributed by atoms with Gasteiger partial charge in [0.1, 0.15) is 6.54 Å². The Hall–Kier alpha value is -1.99. The third kappa shape index (κ3) is 6.51. The number of benzene rings is 2. The van der Waals surface area contributed by atoms with Gasteiger partial charge in [0.15, 0.2) is 0 Å². The van der Waals surface area contributed by atoms with Crippen LogP contribution in [0.3, 0.4) is 0 Å². The maximum Gasteiger partial charge on any atom is 0.264 e. The van der Waals surface area contributed by atoms with E-state index >= 15 is 0 Å². The third-order valence-corrected chi connectivity index (χ3v) is 7.75. The summed E-state index contributed by atoms with van der Waals surface area (Å²) < 4.78 is 28.2. The third-order valence-electron chi connectivity index (χ3n) is 4.70. The zero-order valence-electron chi connectivity index (χ0n) is 18.7. The molecule has 0 heterocycles. The fourth-order valence-electron chi connectivity index (χ4n) is 2.88. The predicted octanol–water partition coefficient (Wildman–Crippen LogP) is 4.46. The van der Waals surface area contributed by atoms with E-state index in [9.17, 15) is 13.2 Å². The molecule has 5 nitrogen and oxygen atoms in total. The van der Waals surface area contributed by atoms with Crippen LogP contribution in [-0.2, 0) is 14.8 Å². The molecule has 0 spiro atoms. The summed E-state index contributed by atoms with van der Waals surface area (Å²) in [5, 5.41) is 2.86. The fraction of sp³-hybridized carbons (Fsp3) is 0.435. The van der Waals surface area contributed by atoms with Gasteiger partial charge in [-0.25, -0.2) is 8.42 Å². The molecule has 2 aromatic carbocycles. The highest BCUT2D eigenvalue weighted by atomic mass is 32.2. The number of sulfonamides is 1. The van der Waals surface area contributed by atoms with Crippen molar-refractivity contribution in [3.63, 3.8) is 0 Å². The Morgan fingerprint density at radius 3 is 2.27 bits per heavy atom. The quantitative estimate of drug-likeness (QED) is 0.606. The van der Waals surface area contributed by atoms with Gasteiger partial charge >= 0.3 is 0 Å². The first-order chi connectivity index (χ1) is 13.9. The molecule has 0 fully saturated rings. The summed E-state index contributed by atoms with van der Waals surface area (Å²) >= 11 is 1.75. The average molecular weight is 449 g/mol. The van der Waals surface area contributed by atoms with Gasteiger partial charge in [-0.3, -0.25) is 9.10 Å². The molecular weight excluding hydrogens is 416 g/mol. The lowest BCUT2D eigenvalue weighted by atomic mass is 10.1. The minimum absolute atomic E-state index is 0.115. The first kappa shape index (κ1) is 24.3. The summed E-state index contributed by atoms with van der Waals surface area (Å²) in [6.45, 7) is 12.3. The second-order valence-corrected chi connectivity index (χ2v) is 12.1. The van der Waals surface area contributed by atoms with Crippen molar-refractivity contribution in [3.05, 3.63) is 59.2 Å². The second-order valence-electron chi connectivity index (χ2n) is 8.35. The summed E-state index contributed by atoms with van der Waals surface area (Å²) in [6.07, 6.45) is 0. The topological polar surface area (TPSA) is 66.5 Å². The van der Waals surface area contributed by atoms with Crippen LogP contribution in [0.5, 0.6) is 0 Å². The van der Waals surface area contributed by atoms with E-state index in [4.69, 9.17) is 0 Å². The highest BCUT2D eigenvalue weighted by Gasteiger charge is 2.28. The molecule has 2 rings (SSSR count). The number of hydrogen-bond donors (Lipinski definition) is 1. The number of nitrogens with one attached hydrogen (secondary N) is 1. The molecule has 0 aliphatic heterocycles. The van der Waals surface area contributed by atoms with E-state index in [2.05, 4.69) is 26.1 Å². The monoisotopic (exact) mass is 448 g/mol. The Labute approximate surface area is 185 Å². The maximum absolute atomic E-state index is 13.4. The maximum atomic E-state index is 13.4. The van der Waals surface area contributed by atoms with E-state index in [0.29, 0.717) is 12.2 Å². The van der Waals surface area contributed by atoms with Crippen LogP contribution in [0, 0.1) is 20.8 Å². The lowest BCUT2D eigenvalue weighted by Gasteiger charge is -2.26. The molecule has 0 aliphatic carbocycles. The number of carbonyl (C=O) groups is 1. The van der Waals surface area contributed by atoms with Gasteiger partial charge in [-0.15, -0.1) is 0 Å². The van der Waals surface area contributed by atoms with Crippen LogP contribution < -0.4 is 9.62 Å². The van der Waals surface area contributed by atoms with Gasteiger partial charge in [-0.05, 0) is 50.1 Å². The first-order valence-electron chi connectivity index (χ1n) is 9.98. The number of nitrogens with zero attached hydrogens (tertiary/aromatic N) is 1. The minimum Gasteiger partial charge on any atom is -0.354 e. The van der Waals surface area contributed by atoms with Crippen LogP contribution >= 0.6 is 11.8 Å². The molecule has 30 heavy (non-hydrogen) atoms. The Morgan fingerprint density at radius 2 is 1.67 bits per heavy atom. The molecule has 2 aromatic rings. The molecule has 0 bridgehead atoms. The van der Waals surface area contributed by atoms with Gasteiger partial charge in [0.2, 0.25) is 5.91 Å². The van der Waals surface area contributed by atoms with Gasteiger partial charge in [0, 0.05) is 17.0 Å². The molecule has 1 amide bonds. The molecule has 0 aliphatic rings. The van der Waals surface area contributed by atoms with Crippen molar-refractivity contribution in [3.8, 4) is 0 Å². The second kappa shape index (κ2) is 9.88. The molecule has 0 saturated carbocycles. The molecular formula is C23H32N2O3S2. The normalized spacial score (nSPS) is 11.9. The van der Waals surface area contributed by atoms with Crippen molar-refractivity contribution >= 4 is 33.4 Å². The molecule has 0 saturated heterocycles. The SMILES string of the molecule is Cc1ccc(S(=O)(=O)N(CC(=O)NCCSC(C)(C)C)c2cccc(C)c2C)cc1. The predicted molar refractivity (Wildman–Crippen MR) is 127 cm³/mol. The molecule has 0 radical (unpaired) electrons. The van der Waals surface area contributed by atoms with Crippen molar-refractivity contribution in [2.45, 2.75) is 51.2 Å². The highest BCUT2D eigenvalue weighted by Crippen LogP contribution is 2.28. The van der Waals surface area contributed by atoms with Crippen LogP contribution in [0.2, 0.25) is 0 Å². The van der Waals surface area contributed by atoms with Gasteiger partial charge in [-0.1, -0.05) is 50.6 Å². The van der Waals surface area contributed by atoms with Crippen LogP contribution in [0.15, 0.2) is 47.4 Å². The van der Waals surface area contributed by atoms with Crippen molar-refractivity contribution in [2.75, 3.05) is 23.1 Å². The number of anilines is 1. The number of aryl methyl sites for hydroxylation is 2. The summed E-state index contributed by atoms with van der Waals surface area (Å²) in [7, 11) is -3.89. The summed E-state index contributed by atoms with van der Waals surface area (Å²) in [5.41, 5.74) is 3.30. The van der Waals surface area contributed by atoms with Gasteiger partial charge in [0.25, 0.3) is 10.0 Å². The molecule has 0 unspecified atom stereocenters. The van der Waals surface area contributed by atoms with Crippen molar-refractivity contribution in [1.82, 2.24) is 5.32 Å². The molecule has 7 heteroatoms. The van der Waals surface area contributed by atoms with E-state index in [1.807, 2.05) is 32.9 Å².